The molecule has 0 saturated carbocycles. The largest absolute Gasteiger partial charge is 0.426 e. The van der Waals surface area contributed by atoms with Crippen molar-refractivity contribution in [2.45, 2.75) is 50.3 Å². The summed E-state index contributed by atoms with van der Waals surface area (Å²) in [4.78, 5) is 46.0. The highest BCUT2D eigenvalue weighted by Crippen LogP contribution is 2.28. The minimum Gasteiger partial charge on any atom is -0.379 e. The van der Waals surface area contributed by atoms with Crippen LogP contribution in [0.25, 0.3) is 0 Å². The number of ketones is 1. The topological polar surface area (TPSA) is 109 Å². The Morgan fingerprint density at radius 2 is 1.89 bits per heavy atom. The number of rotatable bonds is 10. The monoisotopic (exact) mass is 490 g/mol. The zero-order chi connectivity index (χ0) is 25.4. The average molecular weight is 491 g/mol. The Bertz CT molecular complexity index is 857. The van der Waals surface area contributed by atoms with E-state index in [2.05, 4.69) is 10.6 Å². The molecular weight excluding hydrogens is 452 g/mol. The molecule has 0 radical (unpaired) electrons. The van der Waals surface area contributed by atoms with E-state index in [9.17, 15) is 14.4 Å². The molecule has 2 unspecified atom stereocenters. The molecule has 10 heteroatoms. The molecule has 3 rings (SSSR count). The van der Waals surface area contributed by atoms with E-state index in [0.717, 1.165) is 12.1 Å². The van der Waals surface area contributed by atoms with Crippen molar-refractivity contribution < 1.29 is 28.7 Å². The summed E-state index contributed by atoms with van der Waals surface area (Å²) in [5, 5.41) is 7.09. The molecule has 2 aliphatic rings. The van der Waals surface area contributed by atoms with Gasteiger partial charge in [-0.15, -0.1) is 5.06 Å². The number of nitrogens with one attached hydrogen (secondary N) is 2. The lowest BCUT2D eigenvalue weighted by Gasteiger charge is -2.32. The second-order valence-corrected chi connectivity index (χ2v) is 9.97. The summed E-state index contributed by atoms with van der Waals surface area (Å²) in [5.74, 6) is -0.606. The molecule has 0 aliphatic carbocycles. The quantitative estimate of drug-likeness (QED) is 0.502. The maximum atomic E-state index is 13.4. The van der Waals surface area contributed by atoms with E-state index in [4.69, 9.17) is 14.3 Å². The van der Waals surface area contributed by atoms with Crippen LogP contribution in [0.15, 0.2) is 30.3 Å². The molecule has 2 fully saturated rings. The number of Topliss-reactive ketones (excluding diaryl/α,β-unsaturated/α-hetero) is 1. The second kappa shape index (κ2) is 12.4. The summed E-state index contributed by atoms with van der Waals surface area (Å²) < 4.78 is 10.9. The third-order valence-electron chi connectivity index (χ3n) is 6.38. The van der Waals surface area contributed by atoms with E-state index in [-0.39, 0.29) is 12.4 Å². The van der Waals surface area contributed by atoms with Crippen molar-refractivity contribution in [1.82, 2.24) is 20.6 Å². The predicted molar refractivity (Wildman–Crippen MR) is 130 cm³/mol. The van der Waals surface area contributed by atoms with Gasteiger partial charge in [0.05, 0.1) is 32.4 Å². The molecular formula is C25H38N4O6. The predicted octanol–water partition coefficient (Wildman–Crippen LogP) is 1.10. The van der Waals surface area contributed by atoms with E-state index in [1.807, 2.05) is 63.2 Å². The van der Waals surface area contributed by atoms with Crippen molar-refractivity contribution in [3.63, 3.8) is 0 Å². The molecule has 194 valence electrons. The molecule has 2 saturated heterocycles. The Labute approximate surface area is 207 Å². The van der Waals surface area contributed by atoms with Gasteiger partial charge in [-0.3, -0.25) is 9.59 Å². The standard InChI is InChI=1S/C25H38N4O6/c1-25(2,18-8-6-5-7-9-18)16-19(26-24(32)35-29-12-14-33-15-13-29)23(31)27-22-20(30)17-34-21(22)10-11-28(3)4/h5-9,19,21-22H,10-17H2,1-4H3,(H,26,32)(H,27,31)/t19-,21?,22?/m0/s1. The summed E-state index contributed by atoms with van der Waals surface area (Å²) in [7, 11) is 3.88. The summed E-state index contributed by atoms with van der Waals surface area (Å²) in [6.45, 7) is 6.58. The van der Waals surface area contributed by atoms with Gasteiger partial charge in [0.1, 0.15) is 18.7 Å². The van der Waals surface area contributed by atoms with Gasteiger partial charge in [-0.2, -0.15) is 0 Å². The molecule has 0 bridgehead atoms. The molecule has 3 atom stereocenters. The fourth-order valence-electron chi connectivity index (χ4n) is 4.30. The zero-order valence-electron chi connectivity index (χ0n) is 21.1. The second-order valence-electron chi connectivity index (χ2n) is 9.97. The van der Waals surface area contributed by atoms with Gasteiger partial charge in [0.25, 0.3) is 0 Å². The molecule has 1 aromatic rings. The first-order valence-corrected chi connectivity index (χ1v) is 12.1. The van der Waals surface area contributed by atoms with Crippen LogP contribution in [0.3, 0.4) is 0 Å². The summed E-state index contributed by atoms with van der Waals surface area (Å²) >= 11 is 0. The van der Waals surface area contributed by atoms with Crippen molar-refractivity contribution in [3.8, 4) is 0 Å². The SMILES string of the molecule is CN(C)CCC1OCC(=O)C1NC(=O)[C@H](CC(C)(C)c1ccccc1)NC(=O)ON1CCOCC1. The first-order valence-electron chi connectivity index (χ1n) is 12.1. The number of nitrogens with zero attached hydrogens (tertiary/aromatic N) is 2. The van der Waals surface area contributed by atoms with Crippen LogP contribution in [0.5, 0.6) is 0 Å². The highest BCUT2D eigenvalue weighted by molar-refractivity contribution is 5.94. The lowest BCUT2D eigenvalue weighted by molar-refractivity contribution is -0.147. The fraction of sp³-hybridized carbons (Fsp3) is 0.640. The highest BCUT2D eigenvalue weighted by Gasteiger charge is 2.39. The molecule has 2 aliphatic heterocycles. The van der Waals surface area contributed by atoms with E-state index in [1.54, 1.807) is 0 Å². The van der Waals surface area contributed by atoms with Crippen LogP contribution in [0.1, 0.15) is 32.3 Å². The molecule has 10 nitrogen and oxygen atoms in total. The summed E-state index contributed by atoms with van der Waals surface area (Å²) in [6, 6.07) is 8.14. The van der Waals surface area contributed by atoms with Crippen molar-refractivity contribution in [3.05, 3.63) is 35.9 Å². The summed E-state index contributed by atoms with van der Waals surface area (Å²) in [5.41, 5.74) is 0.598. The number of amides is 2. The van der Waals surface area contributed by atoms with E-state index in [1.165, 1.54) is 5.06 Å². The fourth-order valence-corrected chi connectivity index (χ4v) is 4.30. The number of benzene rings is 1. The van der Waals surface area contributed by atoms with Gasteiger partial charge in [0.2, 0.25) is 5.91 Å². The van der Waals surface area contributed by atoms with E-state index in [0.29, 0.717) is 39.1 Å². The van der Waals surface area contributed by atoms with E-state index < -0.39 is 35.6 Å². The molecule has 0 spiro atoms. The zero-order valence-corrected chi connectivity index (χ0v) is 21.1. The van der Waals surface area contributed by atoms with Crippen LogP contribution in [0.4, 0.5) is 4.79 Å². The Balaban J connectivity index is 1.72. The van der Waals surface area contributed by atoms with Crippen LogP contribution in [0.2, 0.25) is 0 Å². The first kappa shape index (κ1) is 27.1. The molecule has 2 heterocycles. The van der Waals surface area contributed by atoms with Crippen LogP contribution < -0.4 is 10.6 Å². The Kier molecular flexibility index (Phi) is 9.62. The van der Waals surface area contributed by atoms with Crippen molar-refractivity contribution >= 4 is 17.8 Å². The minimum absolute atomic E-state index is 0.0320. The minimum atomic E-state index is -0.915. The smallest absolute Gasteiger partial charge is 0.379 e. The van der Waals surface area contributed by atoms with Crippen LogP contribution >= 0.6 is 0 Å². The molecule has 2 N–H and O–H groups in total. The average Bonchev–Trinajstić information content (AvgIpc) is 3.17. The van der Waals surface area contributed by atoms with Crippen LogP contribution in [-0.2, 0) is 29.3 Å². The van der Waals surface area contributed by atoms with Crippen molar-refractivity contribution in [1.29, 1.82) is 0 Å². The lowest BCUT2D eigenvalue weighted by Crippen LogP contribution is -2.55. The van der Waals surface area contributed by atoms with Gasteiger partial charge in [-0.1, -0.05) is 44.2 Å². The van der Waals surface area contributed by atoms with Gasteiger partial charge >= 0.3 is 6.09 Å². The molecule has 0 aromatic heterocycles. The van der Waals surface area contributed by atoms with Gasteiger partial charge in [0.15, 0.2) is 5.78 Å². The third-order valence-corrected chi connectivity index (χ3v) is 6.38. The van der Waals surface area contributed by atoms with Gasteiger partial charge in [0, 0.05) is 6.54 Å². The summed E-state index contributed by atoms with van der Waals surface area (Å²) in [6.07, 6.45) is -0.201. The Hall–Kier alpha value is -2.53. The number of hydroxylamine groups is 2. The maximum Gasteiger partial charge on any atom is 0.426 e. The maximum absolute atomic E-state index is 13.4. The normalized spacial score (nSPS) is 22.1. The van der Waals surface area contributed by atoms with Crippen molar-refractivity contribution in [2.75, 3.05) is 53.6 Å². The molecule has 2 amide bonds. The highest BCUT2D eigenvalue weighted by atomic mass is 16.7. The number of hydrogen-bond acceptors (Lipinski definition) is 8. The number of hydrogen-bond donors (Lipinski definition) is 2. The molecule has 1 aromatic carbocycles. The van der Waals surface area contributed by atoms with Crippen molar-refractivity contribution in [2.24, 2.45) is 0 Å². The molecule has 35 heavy (non-hydrogen) atoms. The number of carbonyl (C=O) groups is 3. The first-order chi connectivity index (χ1) is 16.7. The van der Waals surface area contributed by atoms with Crippen LogP contribution in [0, 0.1) is 0 Å². The van der Waals surface area contributed by atoms with Gasteiger partial charge in [-0.25, -0.2) is 4.79 Å². The van der Waals surface area contributed by atoms with Gasteiger partial charge < -0.3 is 29.8 Å². The number of carbonyl (C=O) groups excluding carboxylic acids is 3. The number of morpholine rings is 1. The van der Waals surface area contributed by atoms with Crippen LogP contribution in [-0.4, -0.2) is 99.5 Å². The van der Waals surface area contributed by atoms with Gasteiger partial charge in [-0.05, 0) is 37.9 Å². The number of ether oxygens (including phenoxy) is 2. The Morgan fingerprint density at radius 1 is 1.20 bits per heavy atom. The van der Waals surface area contributed by atoms with E-state index >= 15 is 0 Å². The lowest BCUT2D eigenvalue weighted by atomic mass is 9.79. The Morgan fingerprint density at radius 3 is 2.54 bits per heavy atom. The third kappa shape index (κ3) is 7.99.